The Kier molecular flexibility index (Phi) is 4.64. The van der Waals surface area contributed by atoms with Gasteiger partial charge in [0.1, 0.15) is 5.75 Å². The number of aryl methyl sites for hydroxylation is 1. The summed E-state index contributed by atoms with van der Waals surface area (Å²) >= 11 is 0. The molecule has 1 aromatic rings. The summed E-state index contributed by atoms with van der Waals surface area (Å²) in [7, 11) is 4.23. The molecule has 21 heavy (non-hydrogen) atoms. The average molecular weight is 290 g/mol. The Bertz CT molecular complexity index is 508. The van der Waals surface area contributed by atoms with E-state index in [0.717, 1.165) is 25.1 Å². The van der Waals surface area contributed by atoms with Crippen molar-refractivity contribution in [3.05, 3.63) is 28.8 Å². The average Bonchev–Trinajstić information content (AvgIpc) is 2.68. The number of phenolic OH excluding ortho intramolecular Hbond substituents is 1. The van der Waals surface area contributed by atoms with Crippen LogP contribution in [0.5, 0.6) is 5.75 Å². The third-order valence-electron chi connectivity index (χ3n) is 4.48. The van der Waals surface area contributed by atoms with E-state index in [9.17, 15) is 5.11 Å². The molecule has 2 unspecified atom stereocenters. The van der Waals surface area contributed by atoms with Crippen molar-refractivity contribution < 1.29 is 5.11 Å². The lowest BCUT2D eigenvalue weighted by molar-refractivity contribution is 0.224. The van der Waals surface area contributed by atoms with Crippen LogP contribution in [0.15, 0.2) is 12.1 Å². The minimum atomic E-state index is 0.217. The van der Waals surface area contributed by atoms with Crippen LogP contribution in [0, 0.1) is 12.3 Å². The van der Waals surface area contributed by atoms with Crippen LogP contribution in [0.3, 0.4) is 0 Å². The number of rotatable bonds is 5. The SMILES string of the molecule is Cc1ccc(O)c2c1C(C)CC2NCC(C)(C)CN(C)C. The highest BCUT2D eigenvalue weighted by molar-refractivity contribution is 5.50. The molecule has 2 N–H and O–H groups in total. The van der Waals surface area contributed by atoms with Gasteiger partial charge in [0, 0.05) is 24.7 Å². The van der Waals surface area contributed by atoms with Crippen LogP contribution in [0.2, 0.25) is 0 Å². The van der Waals surface area contributed by atoms with Crippen molar-refractivity contribution in [3.63, 3.8) is 0 Å². The van der Waals surface area contributed by atoms with E-state index >= 15 is 0 Å². The van der Waals surface area contributed by atoms with Crippen LogP contribution in [-0.2, 0) is 0 Å². The Morgan fingerprint density at radius 1 is 1.29 bits per heavy atom. The number of nitrogens with zero attached hydrogens (tertiary/aromatic N) is 1. The van der Waals surface area contributed by atoms with Crippen LogP contribution < -0.4 is 5.32 Å². The van der Waals surface area contributed by atoms with Crippen molar-refractivity contribution in [1.82, 2.24) is 10.2 Å². The van der Waals surface area contributed by atoms with Crippen LogP contribution in [-0.4, -0.2) is 37.2 Å². The van der Waals surface area contributed by atoms with Gasteiger partial charge in [-0.05, 0) is 56.0 Å². The van der Waals surface area contributed by atoms with E-state index in [0.29, 0.717) is 11.7 Å². The third-order valence-corrected chi connectivity index (χ3v) is 4.48. The number of aromatic hydroxyl groups is 1. The summed E-state index contributed by atoms with van der Waals surface area (Å²) in [4.78, 5) is 2.23. The molecular formula is C18H30N2O. The first kappa shape index (κ1) is 16.3. The summed E-state index contributed by atoms with van der Waals surface area (Å²) < 4.78 is 0. The predicted molar refractivity (Wildman–Crippen MR) is 89.0 cm³/mol. The maximum Gasteiger partial charge on any atom is 0.120 e. The summed E-state index contributed by atoms with van der Waals surface area (Å²) in [6.45, 7) is 11.0. The van der Waals surface area contributed by atoms with Gasteiger partial charge in [-0.25, -0.2) is 0 Å². The number of nitrogens with one attached hydrogen (secondary N) is 1. The topological polar surface area (TPSA) is 35.5 Å². The molecule has 0 aromatic heterocycles. The molecule has 3 nitrogen and oxygen atoms in total. The lowest BCUT2D eigenvalue weighted by atomic mass is 9.92. The van der Waals surface area contributed by atoms with Crippen molar-refractivity contribution in [2.75, 3.05) is 27.2 Å². The van der Waals surface area contributed by atoms with Gasteiger partial charge in [-0.2, -0.15) is 0 Å². The quantitative estimate of drug-likeness (QED) is 0.872. The molecule has 0 radical (unpaired) electrons. The van der Waals surface area contributed by atoms with Crippen LogP contribution in [0.4, 0.5) is 0 Å². The molecule has 2 rings (SSSR count). The fourth-order valence-corrected chi connectivity index (χ4v) is 3.84. The summed E-state index contributed by atoms with van der Waals surface area (Å²) in [5, 5.41) is 14.0. The largest absolute Gasteiger partial charge is 0.508 e. The molecular weight excluding hydrogens is 260 g/mol. The van der Waals surface area contributed by atoms with Crippen molar-refractivity contribution in [1.29, 1.82) is 0 Å². The third kappa shape index (κ3) is 3.58. The van der Waals surface area contributed by atoms with Crippen molar-refractivity contribution >= 4 is 0 Å². The molecule has 1 aromatic carbocycles. The smallest absolute Gasteiger partial charge is 0.120 e. The molecule has 0 heterocycles. The van der Waals surface area contributed by atoms with Crippen molar-refractivity contribution in [2.24, 2.45) is 5.41 Å². The van der Waals surface area contributed by atoms with Crippen LogP contribution in [0.25, 0.3) is 0 Å². The van der Waals surface area contributed by atoms with Gasteiger partial charge in [0.05, 0.1) is 0 Å². The van der Waals surface area contributed by atoms with E-state index in [-0.39, 0.29) is 11.5 Å². The Morgan fingerprint density at radius 3 is 2.57 bits per heavy atom. The maximum absolute atomic E-state index is 10.3. The molecule has 0 spiro atoms. The normalized spacial score (nSPS) is 21.9. The molecule has 0 saturated heterocycles. The Morgan fingerprint density at radius 2 is 1.95 bits per heavy atom. The minimum absolute atomic E-state index is 0.217. The lowest BCUT2D eigenvalue weighted by Crippen LogP contribution is -2.38. The molecule has 0 saturated carbocycles. The second kappa shape index (κ2) is 5.98. The second-order valence-electron chi connectivity index (χ2n) is 7.70. The van der Waals surface area contributed by atoms with Gasteiger partial charge in [0.25, 0.3) is 0 Å². The molecule has 1 aliphatic rings. The predicted octanol–water partition coefficient (Wildman–Crippen LogP) is 3.43. The Labute approximate surface area is 129 Å². The first-order valence-electron chi connectivity index (χ1n) is 7.92. The van der Waals surface area contributed by atoms with E-state index in [4.69, 9.17) is 0 Å². The fraction of sp³-hybridized carbons (Fsp3) is 0.667. The zero-order chi connectivity index (χ0) is 15.8. The highest BCUT2D eigenvalue weighted by Gasteiger charge is 2.33. The number of benzene rings is 1. The van der Waals surface area contributed by atoms with E-state index in [1.807, 2.05) is 12.1 Å². The Hall–Kier alpha value is -1.06. The van der Waals surface area contributed by atoms with Crippen molar-refractivity contribution in [3.8, 4) is 5.75 Å². The molecule has 118 valence electrons. The number of hydrogen-bond donors (Lipinski definition) is 2. The van der Waals surface area contributed by atoms with Crippen molar-refractivity contribution in [2.45, 2.75) is 46.1 Å². The highest BCUT2D eigenvalue weighted by atomic mass is 16.3. The van der Waals surface area contributed by atoms with Gasteiger partial charge < -0.3 is 15.3 Å². The number of fused-ring (bicyclic) bond motifs is 1. The molecule has 2 atom stereocenters. The number of hydrogen-bond acceptors (Lipinski definition) is 3. The van der Waals surface area contributed by atoms with Gasteiger partial charge in [-0.3, -0.25) is 0 Å². The molecule has 0 bridgehead atoms. The zero-order valence-electron chi connectivity index (χ0n) is 14.3. The van der Waals surface area contributed by atoms with Gasteiger partial charge in [0.15, 0.2) is 0 Å². The standard InChI is InChI=1S/C18H30N2O/c1-12-7-8-15(21)17-14(9-13(2)16(12)17)19-10-18(3,4)11-20(5)6/h7-8,13-14,19,21H,9-11H2,1-6H3. The molecule has 1 aliphatic carbocycles. The molecule has 0 fully saturated rings. The second-order valence-corrected chi connectivity index (χ2v) is 7.70. The minimum Gasteiger partial charge on any atom is -0.508 e. The molecule has 3 heteroatoms. The van der Waals surface area contributed by atoms with Crippen LogP contribution >= 0.6 is 0 Å². The Balaban J connectivity index is 2.13. The number of phenols is 1. The van der Waals surface area contributed by atoms with E-state index in [1.165, 1.54) is 11.1 Å². The summed E-state index contributed by atoms with van der Waals surface area (Å²) in [6, 6.07) is 4.14. The van der Waals surface area contributed by atoms with Gasteiger partial charge in [-0.1, -0.05) is 26.8 Å². The lowest BCUT2D eigenvalue weighted by Gasteiger charge is -2.30. The van der Waals surface area contributed by atoms with E-state index in [1.54, 1.807) is 0 Å². The summed E-state index contributed by atoms with van der Waals surface area (Å²) in [6.07, 6.45) is 1.08. The molecule has 0 aliphatic heterocycles. The summed E-state index contributed by atoms with van der Waals surface area (Å²) in [5.41, 5.74) is 3.99. The molecule has 0 amide bonds. The monoisotopic (exact) mass is 290 g/mol. The fourth-order valence-electron chi connectivity index (χ4n) is 3.84. The first-order valence-corrected chi connectivity index (χ1v) is 7.92. The van der Waals surface area contributed by atoms with Gasteiger partial charge in [-0.15, -0.1) is 0 Å². The van der Waals surface area contributed by atoms with E-state index in [2.05, 4.69) is 52.0 Å². The zero-order valence-corrected chi connectivity index (χ0v) is 14.3. The first-order chi connectivity index (χ1) is 9.71. The van der Waals surface area contributed by atoms with Crippen LogP contribution in [0.1, 0.15) is 55.8 Å². The summed E-state index contributed by atoms with van der Waals surface area (Å²) in [5.74, 6) is 0.962. The van der Waals surface area contributed by atoms with Gasteiger partial charge >= 0.3 is 0 Å². The highest BCUT2D eigenvalue weighted by Crippen LogP contribution is 2.46. The maximum atomic E-state index is 10.3. The van der Waals surface area contributed by atoms with E-state index < -0.39 is 0 Å². The van der Waals surface area contributed by atoms with Gasteiger partial charge in [0.2, 0.25) is 0 Å².